The van der Waals surface area contributed by atoms with Gasteiger partial charge in [-0.05, 0) is 50.3 Å². The zero-order valence-electron chi connectivity index (χ0n) is 14.4. The van der Waals surface area contributed by atoms with E-state index < -0.39 is 0 Å². The van der Waals surface area contributed by atoms with Crippen LogP contribution in [0.1, 0.15) is 43.5 Å². The maximum atomic E-state index is 10.5. The van der Waals surface area contributed by atoms with Crippen LogP contribution in [0.15, 0.2) is 34.9 Å². The summed E-state index contributed by atoms with van der Waals surface area (Å²) in [6.45, 7) is 4.78. The van der Waals surface area contributed by atoms with Crippen molar-refractivity contribution in [1.82, 2.24) is 15.0 Å². The molecule has 2 heterocycles. The number of aryl methyl sites for hydroxylation is 1. The van der Waals surface area contributed by atoms with E-state index in [1.165, 1.54) is 5.56 Å². The highest BCUT2D eigenvalue weighted by Crippen LogP contribution is 2.24. The average molecular weight is 329 g/mol. The summed E-state index contributed by atoms with van der Waals surface area (Å²) in [7, 11) is 0. The molecule has 5 nitrogen and oxygen atoms in total. The van der Waals surface area contributed by atoms with E-state index in [1.54, 1.807) is 0 Å². The van der Waals surface area contributed by atoms with Crippen LogP contribution in [0.5, 0.6) is 0 Å². The van der Waals surface area contributed by atoms with Gasteiger partial charge in [0.15, 0.2) is 5.82 Å². The first-order chi connectivity index (χ1) is 11.7. The highest BCUT2D eigenvalue weighted by molar-refractivity contribution is 5.15. The SMILES string of the molecule is CCCc1noc(CN2CCC(C(O)Cc3ccccc3)CC2)n1. The number of piperidine rings is 1. The molecule has 0 amide bonds. The van der Waals surface area contributed by atoms with Gasteiger partial charge in [0.25, 0.3) is 0 Å². The van der Waals surface area contributed by atoms with Gasteiger partial charge in [-0.25, -0.2) is 0 Å². The highest BCUT2D eigenvalue weighted by Gasteiger charge is 2.26. The van der Waals surface area contributed by atoms with Gasteiger partial charge >= 0.3 is 0 Å². The van der Waals surface area contributed by atoms with Crippen molar-refractivity contribution >= 4 is 0 Å². The first kappa shape index (κ1) is 17.1. The summed E-state index contributed by atoms with van der Waals surface area (Å²) in [5, 5.41) is 14.5. The molecule has 1 saturated heterocycles. The Morgan fingerprint density at radius 3 is 2.71 bits per heavy atom. The fraction of sp³-hybridized carbons (Fsp3) is 0.579. The van der Waals surface area contributed by atoms with Crippen LogP contribution in [0, 0.1) is 5.92 Å². The number of aliphatic hydroxyl groups is 1. The Morgan fingerprint density at radius 2 is 2.00 bits per heavy atom. The minimum absolute atomic E-state index is 0.255. The number of hydrogen-bond acceptors (Lipinski definition) is 5. The van der Waals surface area contributed by atoms with E-state index in [2.05, 4.69) is 34.1 Å². The predicted molar refractivity (Wildman–Crippen MR) is 92.4 cm³/mol. The van der Waals surface area contributed by atoms with Crippen molar-refractivity contribution in [2.45, 2.75) is 51.7 Å². The monoisotopic (exact) mass is 329 g/mol. The van der Waals surface area contributed by atoms with Crippen molar-refractivity contribution in [1.29, 1.82) is 0 Å². The van der Waals surface area contributed by atoms with E-state index in [9.17, 15) is 5.11 Å². The Labute approximate surface area is 143 Å². The van der Waals surface area contributed by atoms with Crippen LogP contribution >= 0.6 is 0 Å². The molecule has 1 aliphatic heterocycles. The lowest BCUT2D eigenvalue weighted by Gasteiger charge is -2.33. The fourth-order valence-electron chi connectivity index (χ4n) is 3.39. The lowest BCUT2D eigenvalue weighted by atomic mass is 9.88. The van der Waals surface area contributed by atoms with Crippen LogP contribution < -0.4 is 0 Å². The third kappa shape index (κ3) is 4.65. The molecule has 0 spiro atoms. The fourth-order valence-corrected chi connectivity index (χ4v) is 3.39. The second-order valence-corrected chi connectivity index (χ2v) is 6.72. The van der Waals surface area contributed by atoms with Crippen molar-refractivity contribution in [3.8, 4) is 0 Å². The summed E-state index contributed by atoms with van der Waals surface area (Å²) in [6, 6.07) is 10.2. The zero-order chi connectivity index (χ0) is 16.8. The normalized spacial score (nSPS) is 17.9. The predicted octanol–water partition coefficient (Wildman–Crippen LogP) is 2.84. The van der Waals surface area contributed by atoms with E-state index in [1.807, 2.05) is 18.2 Å². The third-order valence-corrected chi connectivity index (χ3v) is 4.81. The molecule has 130 valence electrons. The summed E-state index contributed by atoms with van der Waals surface area (Å²) >= 11 is 0. The average Bonchev–Trinajstić information content (AvgIpc) is 3.04. The lowest BCUT2D eigenvalue weighted by Crippen LogP contribution is -2.38. The van der Waals surface area contributed by atoms with Gasteiger partial charge in [0.05, 0.1) is 12.6 Å². The van der Waals surface area contributed by atoms with Crippen molar-refractivity contribution in [3.05, 3.63) is 47.6 Å². The van der Waals surface area contributed by atoms with E-state index in [0.29, 0.717) is 11.8 Å². The van der Waals surface area contributed by atoms with Crippen molar-refractivity contribution < 1.29 is 9.63 Å². The topological polar surface area (TPSA) is 62.4 Å². The van der Waals surface area contributed by atoms with Gasteiger partial charge in [-0.1, -0.05) is 42.4 Å². The Kier molecular flexibility index (Phi) is 5.99. The van der Waals surface area contributed by atoms with E-state index in [0.717, 1.165) is 57.6 Å². The van der Waals surface area contributed by atoms with E-state index >= 15 is 0 Å². The number of benzene rings is 1. The quantitative estimate of drug-likeness (QED) is 0.846. The molecule has 1 aliphatic rings. The molecule has 1 unspecified atom stereocenters. The van der Waals surface area contributed by atoms with E-state index in [-0.39, 0.29) is 6.10 Å². The molecule has 3 rings (SSSR count). The number of likely N-dealkylation sites (tertiary alicyclic amines) is 1. The molecule has 1 atom stereocenters. The largest absolute Gasteiger partial charge is 0.392 e. The molecule has 1 aromatic heterocycles. The number of nitrogens with zero attached hydrogens (tertiary/aromatic N) is 3. The molecule has 1 N–H and O–H groups in total. The summed E-state index contributed by atoms with van der Waals surface area (Å²) in [6.07, 6.45) is 4.43. The minimum atomic E-state index is -0.255. The number of aliphatic hydroxyl groups excluding tert-OH is 1. The Balaban J connectivity index is 1.44. The standard InChI is InChI=1S/C19H27N3O2/c1-2-6-18-20-19(24-21-18)14-22-11-9-16(10-12-22)17(23)13-15-7-4-3-5-8-15/h3-5,7-8,16-17,23H,2,6,9-14H2,1H3. The molecular weight excluding hydrogens is 302 g/mol. The van der Waals surface area contributed by atoms with Crippen LogP contribution in [0.2, 0.25) is 0 Å². The van der Waals surface area contributed by atoms with Crippen LogP contribution in [-0.4, -0.2) is 39.3 Å². The first-order valence-corrected chi connectivity index (χ1v) is 9.00. The van der Waals surface area contributed by atoms with Crippen molar-refractivity contribution in [2.75, 3.05) is 13.1 Å². The molecule has 0 bridgehead atoms. The maximum absolute atomic E-state index is 10.5. The maximum Gasteiger partial charge on any atom is 0.240 e. The van der Waals surface area contributed by atoms with Gasteiger partial charge in [-0.3, -0.25) is 4.90 Å². The molecule has 1 fully saturated rings. The molecule has 5 heteroatoms. The Morgan fingerprint density at radius 1 is 1.25 bits per heavy atom. The van der Waals surface area contributed by atoms with Crippen LogP contribution in [0.3, 0.4) is 0 Å². The molecule has 0 saturated carbocycles. The van der Waals surface area contributed by atoms with Gasteiger partial charge in [-0.15, -0.1) is 0 Å². The second kappa shape index (κ2) is 8.40. The van der Waals surface area contributed by atoms with Crippen LogP contribution in [-0.2, 0) is 19.4 Å². The number of hydrogen-bond donors (Lipinski definition) is 1. The highest BCUT2D eigenvalue weighted by atomic mass is 16.5. The molecule has 0 aliphatic carbocycles. The molecule has 2 aromatic rings. The molecule has 0 radical (unpaired) electrons. The summed E-state index contributed by atoms with van der Waals surface area (Å²) in [4.78, 5) is 6.78. The smallest absolute Gasteiger partial charge is 0.240 e. The molecule has 24 heavy (non-hydrogen) atoms. The van der Waals surface area contributed by atoms with Gasteiger partial charge in [0.2, 0.25) is 5.89 Å². The number of rotatable bonds is 7. The Bertz CT molecular complexity index is 606. The Hall–Kier alpha value is -1.72. The molecular formula is C19H27N3O2. The summed E-state index contributed by atoms with van der Waals surface area (Å²) in [5.41, 5.74) is 1.21. The second-order valence-electron chi connectivity index (χ2n) is 6.72. The summed E-state index contributed by atoms with van der Waals surface area (Å²) in [5.74, 6) is 1.89. The van der Waals surface area contributed by atoms with Crippen LogP contribution in [0.25, 0.3) is 0 Å². The third-order valence-electron chi connectivity index (χ3n) is 4.81. The van der Waals surface area contributed by atoms with Crippen LogP contribution in [0.4, 0.5) is 0 Å². The molecule has 1 aromatic carbocycles. The van der Waals surface area contributed by atoms with Gasteiger partial charge in [0.1, 0.15) is 0 Å². The lowest BCUT2D eigenvalue weighted by molar-refractivity contribution is 0.0547. The number of aromatic nitrogens is 2. The zero-order valence-corrected chi connectivity index (χ0v) is 14.4. The summed E-state index contributed by atoms with van der Waals surface area (Å²) < 4.78 is 5.32. The first-order valence-electron chi connectivity index (χ1n) is 9.00. The minimum Gasteiger partial charge on any atom is -0.392 e. The van der Waals surface area contributed by atoms with Gasteiger partial charge in [0, 0.05) is 6.42 Å². The van der Waals surface area contributed by atoms with E-state index in [4.69, 9.17) is 4.52 Å². The van der Waals surface area contributed by atoms with Crippen molar-refractivity contribution in [2.24, 2.45) is 5.92 Å². The van der Waals surface area contributed by atoms with Crippen molar-refractivity contribution in [3.63, 3.8) is 0 Å². The van der Waals surface area contributed by atoms with Gasteiger partial charge < -0.3 is 9.63 Å². The van der Waals surface area contributed by atoms with Gasteiger partial charge in [-0.2, -0.15) is 4.98 Å².